The highest BCUT2D eigenvalue weighted by molar-refractivity contribution is 5.98. The largest absolute Gasteiger partial charge is 0.472 e. The molecule has 2 saturated carbocycles. The van der Waals surface area contributed by atoms with Crippen LogP contribution in [0.5, 0.6) is 0 Å². The molecule has 4 nitrogen and oxygen atoms in total. The predicted octanol–water partition coefficient (Wildman–Crippen LogP) is 4.42. The van der Waals surface area contributed by atoms with Crippen molar-refractivity contribution < 1.29 is 9.47 Å². The van der Waals surface area contributed by atoms with E-state index in [-0.39, 0.29) is 23.3 Å². The molecule has 4 heteroatoms. The van der Waals surface area contributed by atoms with Crippen molar-refractivity contribution in [2.24, 2.45) is 9.98 Å². The third kappa shape index (κ3) is 2.68. The van der Waals surface area contributed by atoms with Gasteiger partial charge in [-0.05, 0) is 65.2 Å². The molecular weight excluding hydrogens is 288 g/mol. The van der Waals surface area contributed by atoms with Crippen LogP contribution in [0.3, 0.4) is 0 Å². The van der Waals surface area contributed by atoms with Crippen LogP contribution in [-0.2, 0) is 9.47 Å². The average molecular weight is 318 g/mol. The molecule has 4 aliphatic rings. The van der Waals surface area contributed by atoms with Crippen LogP contribution in [-0.4, -0.2) is 35.1 Å². The lowest BCUT2D eigenvalue weighted by Crippen LogP contribution is -2.41. The van der Waals surface area contributed by atoms with Gasteiger partial charge in [0.15, 0.2) is 11.8 Å². The molecule has 0 aromatic carbocycles. The first-order valence-electron chi connectivity index (χ1n) is 9.63. The molecule has 0 aromatic heterocycles. The van der Waals surface area contributed by atoms with Crippen molar-refractivity contribution in [1.29, 1.82) is 0 Å². The number of hydrogen-bond acceptors (Lipinski definition) is 4. The van der Waals surface area contributed by atoms with Gasteiger partial charge in [0.2, 0.25) is 0 Å². The number of hydrogen-bond donors (Lipinski definition) is 0. The molecule has 0 radical (unpaired) electrons. The summed E-state index contributed by atoms with van der Waals surface area (Å²) in [7, 11) is 0. The lowest BCUT2D eigenvalue weighted by atomic mass is 9.80. The molecule has 0 amide bonds. The van der Waals surface area contributed by atoms with Crippen molar-refractivity contribution in [3.63, 3.8) is 0 Å². The van der Waals surface area contributed by atoms with Crippen molar-refractivity contribution >= 4 is 11.8 Å². The third-order valence-corrected chi connectivity index (χ3v) is 6.54. The minimum atomic E-state index is -0.0269. The molecule has 4 rings (SSSR count). The Hall–Kier alpha value is -1.06. The maximum absolute atomic E-state index is 6.36. The Morgan fingerprint density at radius 1 is 0.739 bits per heavy atom. The van der Waals surface area contributed by atoms with Crippen LogP contribution in [0.25, 0.3) is 0 Å². The lowest BCUT2D eigenvalue weighted by Gasteiger charge is -2.36. The highest BCUT2D eigenvalue weighted by Crippen LogP contribution is 2.42. The van der Waals surface area contributed by atoms with E-state index in [1.165, 1.54) is 38.5 Å². The lowest BCUT2D eigenvalue weighted by molar-refractivity contribution is 0.0154. The first-order valence-corrected chi connectivity index (χ1v) is 9.63. The van der Waals surface area contributed by atoms with Gasteiger partial charge in [-0.15, -0.1) is 0 Å². The third-order valence-electron chi connectivity index (χ3n) is 6.54. The summed E-state index contributed by atoms with van der Waals surface area (Å²) in [5.41, 5.74) is -0.0538. The van der Waals surface area contributed by atoms with E-state index in [9.17, 15) is 0 Å². The van der Waals surface area contributed by atoms with E-state index in [1.807, 2.05) is 0 Å². The number of rotatable bonds is 2. The molecule has 2 spiro atoms. The second kappa shape index (κ2) is 5.78. The Bertz CT molecular complexity index is 467. The van der Waals surface area contributed by atoms with Gasteiger partial charge >= 0.3 is 0 Å². The Morgan fingerprint density at radius 2 is 1.13 bits per heavy atom. The van der Waals surface area contributed by atoms with Crippen LogP contribution in [0.4, 0.5) is 0 Å². The van der Waals surface area contributed by atoms with Crippen molar-refractivity contribution in [1.82, 2.24) is 0 Å². The van der Waals surface area contributed by atoms with E-state index in [0.717, 1.165) is 37.5 Å². The Kier molecular flexibility index (Phi) is 3.89. The summed E-state index contributed by atoms with van der Waals surface area (Å²) in [6.07, 6.45) is 13.0. The Morgan fingerprint density at radius 3 is 1.52 bits per heavy atom. The van der Waals surface area contributed by atoms with Gasteiger partial charge in [0.1, 0.15) is 11.2 Å². The topological polar surface area (TPSA) is 43.2 Å². The molecule has 0 N–H and O–H groups in total. The first-order chi connectivity index (χ1) is 11.1. The van der Waals surface area contributed by atoms with E-state index in [2.05, 4.69) is 13.8 Å². The highest BCUT2D eigenvalue weighted by atomic mass is 16.5. The molecule has 2 fully saturated rings. The molecule has 128 valence electrons. The van der Waals surface area contributed by atoms with Crippen LogP contribution in [0, 0.1) is 0 Å². The molecule has 2 aliphatic heterocycles. The highest BCUT2D eigenvalue weighted by Gasteiger charge is 2.48. The summed E-state index contributed by atoms with van der Waals surface area (Å²) in [5, 5.41) is 0. The molecule has 2 heterocycles. The maximum Gasteiger partial charge on any atom is 0.193 e. The molecule has 2 aliphatic carbocycles. The molecule has 0 bridgehead atoms. The molecule has 0 aromatic rings. The van der Waals surface area contributed by atoms with E-state index in [0.29, 0.717) is 6.42 Å². The van der Waals surface area contributed by atoms with E-state index in [1.54, 1.807) is 0 Å². The van der Waals surface area contributed by atoms with Crippen molar-refractivity contribution in [3.8, 4) is 0 Å². The first kappa shape index (κ1) is 15.5. The zero-order valence-corrected chi connectivity index (χ0v) is 14.6. The molecule has 0 unspecified atom stereocenters. The van der Waals surface area contributed by atoms with Crippen molar-refractivity contribution in [2.45, 2.75) is 108 Å². The number of aliphatic imine (C=N–C) groups is 2. The smallest absolute Gasteiger partial charge is 0.193 e. The zero-order chi connectivity index (χ0) is 15.9. The summed E-state index contributed by atoms with van der Waals surface area (Å²) in [6, 6.07) is 0.557. The van der Waals surface area contributed by atoms with Gasteiger partial charge in [-0.2, -0.15) is 0 Å². The van der Waals surface area contributed by atoms with Gasteiger partial charge in [-0.3, -0.25) is 0 Å². The van der Waals surface area contributed by atoms with E-state index < -0.39 is 0 Å². The summed E-state index contributed by atoms with van der Waals surface area (Å²) in [6.45, 7) is 4.42. The normalized spacial score (nSPS) is 34.9. The van der Waals surface area contributed by atoms with Crippen molar-refractivity contribution in [2.75, 3.05) is 0 Å². The fraction of sp³-hybridized carbons (Fsp3) is 0.895. The standard InChI is InChI=1S/C19H30N2O2/c1-14-18(9-5-3-6-10-18)22-16(20-14)13-17-21-15(2)19(23-17)11-7-4-8-12-19/h14-15H,3-13H2,1-2H3/t14-,15-/m1/s1. The molecule has 0 saturated heterocycles. The van der Waals surface area contributed by atoms with E-state index in [4.69, 9.17) is 19.5 Å². The molecular formula is C19H30N2O2. The number of ether oxygens (including phenoxy) is 2. The second-order valence-corrected chi connectivity index (χ2v) is 8.03. The maximum atomic E-state index is 6.36. The average Bonchev–Trinajstić information content (AvgIpc) is 2.99. The number of nitrogens with zero attached hydrogens (tertiary/aromatic N) is 2. The predicted molar refractivity (Wildman–Crippen MR) is 92.2 cm³/mol. The summed E-state index contributed by atoms with van der Waals surface area (Å²) in [4.78, 5) is 9.64. The van der Waals surface area contributed by atoms with Crippen LogP contribution < -0.4 is 0 Å². The van der Waals surface area contributed by atoms with Crippen molar-refractivity contribution in [3.05, 3.63) is 0 Å². The van der Waals surface area contributed by atoms with Crippen LogP contribution in [0.2, 0.25) is 0 Å². The van der Waals surface area contributed by atoms with Gasteiger partial charge in [-0.25, -0.2) is 9.98 Å². The fourth-order valence-electron chi connectivity index (χ4n) is 4.99. The molecule has 23 heavy (non-hydrogen) atoms. The van der Waals surface area contributed by atoms with Gasteiger partial charge in [0.25, 0.3) is 0 Å². The van der Waals surface area contributed by atoms with Gasteiger partial charge in [0.05, 0.1) is 18.5 Å². The SMILES string of the molecule is C[C@H]1N=C(CC2=N[C@H](C)C3(CCCCC3)O2)OC12CCCCC2. The summed E-state index contributed by atoms with van der Waals surface area (Å²) in [5.74, 6) is 1.72. The second-order valence-electron chi connectivity index (χ2n) is 8.03. The van der Waals surface area contributed by atoms with E-state index >= 15 is 0 Å². The fourth-order valence-corrected chi connectivity index (χ4v) is 4.99. The van der Waals surface area contributed by atoms with Crippen LogP contribution in [0.15, 0.2) is 9.98 Å². The van der Waals surface area contributed by atoms with Gasteiger partial charge in [-0.1, -0.05) is 12.8 Å². The summed E-state index contributed by atoms with van der Waals surface area (Å²) >= 11 is 0. The Balaban J connectivity index is 1.41. The van der Waals surface area contributed by atoms with Crippen LogP contribution in [0.1, 0.15) is 84.5 Å². The zero-order valence-electron chi connectivity index (χ0n) is 14.6. The summed E-state index contributed by atoms with van der Waals surface area (Å²) < 4.78 is 12.7. The van der Waals surface area contributed by atoms with Crippen LogP contribution >= 0.6 is 0 Å². The molecule has 2 atom stereocenters. The van der Waals surface area contributed by atoms with Gasteiger partial charge < -0.3 is 9.47 Å². The Labute approximate surface area is 139 Å². The quantitative estimate of drug-likeness (QED) is 0.756. The minimum absolute atomic E-state index is 0.0269. The van der Waals surface area contributed by atoms with Gasteiger partial charge in [0, 0.05) is 0 Å². The minimum Gasteiger partial charge on any atom is -0.472 e. The monoisotopic (exact) mass is 318 g/mol.